The van der Waals surface area contributed by atoms with E-state index in [-0.39, 0.29) is 23.7 Å². The van der Waals surface area contributed by atoms with Crippen molar-refractivity contribution < 1.29 is 13.9 Å². The summed E-state index contributed by atoms with van der Waals surface area (Å²) in [5.74, 6) is -0.244. The van der Waals surface area contributed by atoms with Crippen molar-refractivity contribution in [2.24, 2.45) is 5.92 Å². The van der Waals surface area contributed by atoms with Crippen molar-refractivity contribution >= 4 is 6.09 Å². The minimum Gasteiger partial charge on any atom is -0.444 e. The SMILES string of the molecule is CCn1nc(Cc2ccccc2)cc1C1CCN([C@H](C#N)C2CN(C(=O)OC(C)(C)C)CC2c2cccc(F)c2)CC1. The van der Waals surface area contributed by atoms with Crippen molar-refractivity contribution in [2.45, 2.75) is 77.0 Å². The quantitative estimate of drug-likeness (QED) is 0.330. The van der Waals surface area contributed by atoms with Gasteiger partial charge in [-0.05, 0) is 69.9 Å². The third-order valence-electron chi connectivity index (χ3n) is 8.56. The second-order valence-corrected chi connectivity index (χ2v) is 12.6. The molecule has 3 heterocycles. The normalized spacial score (nSPS) is 20.8. The molecule has 42 heavy (non-hydrogen) atoms. The zero-order chi connectivity index (χ0) is 29.9. The Bertz CT molecular complexity index is 1400. The third kappa shape index (κ3) is 6.84. The van der Waals surface area contributed by atoms with Gasteiger partial charge in [0.15, 0.2) is 0 Å². The summed E-state index contributed by atoms with van der Waals surface area (Å²) in [7, 11) is 0. The van der Waals surface area contributed by atoms with E-state index >= 15 is 0 Å². The Labute approximate surface area is 248 Å². The van der Waals surface area contributed by atoms with Gasteiger partial charge in [0.05, 0.1) is 11.8 Å². The highest BCUT2D eigenvalue weighted by Crippen LogP contribution is 2.39. The molecular formula is C34H42FN5O2. The summed E-state index contributed by atoms with van der Waals surface area (Å²) in [5.41, 5.74) is 3.81. The summed E-state index contributed by atoms with van der Waals surface area (Å²) < 4.78 is 22.1. The van der Waals surface area contributed by atoms with E-state index in [0.29, 0.717) is 19.0 Å². The first kappa shape index (κ1) is 29.8. The molecule has 7 nitrogen and oxygen atoms in total. The van der Waals surface area contributed by atoms with Crippen molar-refractivity contribution in [3.63, 3.8) is 0 Å². The topological polar surface area (TPSA) is 74.4 Å². The molecule has 2 saturated heterocycles. The maximum Gasteiger partial charge on any atom is 0.410 e. The van der Waals surface area contributed by atoms with E-state index in [1.165, 1.54) is 23.4 Å². The number of benzene rings is 2. The van der Waals surface area contributed by atoms with Gasteiger partial charge in [-0.25, -0.2) is 9.18 Å². The molecule has 2 aliphatic rings. The first-order chi connectivity index (χ1) is 20.1. The van der Waals surface area contributed by atoms with Gasteiger partial charge < -0.3 is 9.64 Å². The summed E-state index contributed by atoms with van der Waals surface area (Å²) in [4.78, 5) is 17.0. The highest BCUT2D eigenvalue weighted by Gasteiger charge is 2.44. The van der Waals surface area contributed by atoms with Crippen LogP contribution in [0.2, 0.25) is 0 Å². The Morgan fingerprint density at radius 1 is 1.10 bits per heavy atom. The molecule has 8 heteroatoms. The van der Waals surface area contributed by atoms with Crippen LogP contribution in [0.1, 0.15) is 74.9 Å². The standard InChI is InChI=1S/C34H42FN5O2/c1-5-40-31(20-28(37-40)18-24-10-7-6-8-11-24)25-14-16-38(17-15-25)32(21-36)30-23-39(33(41)42-34(2,3)4)22-29(30)26-12-9-13-27(35)19-26/h6-13,19-20,25,29-30,32H,5,14-18,22-23H2,1-4H3/t29?,30?,32-/m1/s1. The molecule has 2 fully saturated rings. The van der Waals surface area contributed by atoms with Crippen LogP contribution in [0, 0.1) is 23.1 Å². The first-order valence-corrected chi connectivity index (χ1v) is 15.1. The second kappa shape index (κ2) is 12.7. The van der Waals surface area contributed by atoms with Crippen molar-refractivity contribution in [3.8, 4) is 6.07 Å². The lowest BCUT2D eigenvalue weighted by molar-refractivity contribution is 0.0279. The molecule has 5 rings (SSSR count). The van der Waals surface area contributed by atoms with Crippen LogP contribution >= 0.6 is 0 Å². The summed E-state index contributed by atoms with van der Waals surface area (Å²) in [6.07, 6.45) is 2.29. The number of carbonyl (C=O) groups is 1. The van der Waals surface area contributed by atoms with Crippen molar-refractivity contribution in [1.82, 2.24) is 19.6 Å². The molecule has 0 bridgehead atoms. The fourth-order valence-corrected chi connectivity index (χ4v) is 6.60. The predicted octanol–water partition coefficient (Wildman–Crippen LogP) is 6.36. The molecule has 2 aliphatic heterocycles. The maximum atomic E-state index is 14.3. The molecule has 0 aliphatic carbocycles. The number of nitrogens with zero attached hydrogens (tertiary/aromatic N) is 5. The van der Waals surface area contributed by atoms with Gasteiger partial charge in [0.2, 0.25) is 0 Å². The van der Waals surface area contributed by atoms with Gasteiger partial charge in [-0.3, -0.25) is 9.58 Å². The minimum absolute atomic E-state index is 0.153. The fraction of sp³-hybridized carbons (Fsp3) is 0.500. The molecular weight excluding hydrogens is 529 g/mol. The average molecular weight is 572 g/mol. The van der Waals surface area contributed by atoms with E-state index in [1.807, 2.05) is 32.9 Å². The number of carbonyl (C=O) groups excluding carboxylic acids is 1. The van der Waals surface area contributed by atoms with E-state index in [4.69, 9.17) is 9.84 Å². The van der Waals surface area contributed by atoms with Gasteiger partial charge in [-0.1, -0.05) is 42.5 Å². The lowest BCUT2D eigenvalue weighted by Gasteiger charge is -2.38. The number of aryl methyl sites for hydroxylation is 1. The molecule has 222 valence electrons. The number of rotatable bonds is 7. The number of piperidine rings is 1. The molecule has 2 aromatic carbocycles. The summed E-state index contributed by atoms with van der Waals surface area (Å²) in [5, 5.41) is 15.4. The summed E-state index contributed by atoms with van der Waals surface area (Å²) in [6.45, 7) is 10.9. The molecule has 0 spiro atoms. The Hall–Kier alpha value is -3.70. The van der Waals surface area contributed by atoms with E-state index in [2.05, 4.69) is 52.9 Å². The van der Waals surface area contributed by atoms with Gasteiger partial charge >= 0.3 is 6.09 Å². The molecule has 3 aromatic rings. The van der Waals surface area contributed by atoms with Gasteiger partial charge in [0, 0.05) is 62.6 Å². The van der Waals surface area contributed by atoms with Gasteiger partial charge in [-0.15, -0.1) is 0 Å². The van der Waals surface area contributed by atoms with Crippen LogP contribution in [0.4, 0.5) is 9.18 Å². The van der Waals surface area contributed by atoms with E-state index in [0.717, 1.165) is 50.2 Å². The zero-order valence-corrected chi connectivity index (χ0v) is 25.2. The molecule has 0 radical (unpaired) electrons. The second-order valence-electron chi connectivity index (χ2n) is 12.6. The van der Waals surface area contributed by atoms with Crippen LogP contribution in [0.15, 0.2) is 60.7 Å². The van der Waals surface area contributed by atoms with Crippen LogP contribution in [-0.2, 0) is 17.7 Å². The number of likely N-dealkylation sites (tertiary alicyclic amines) is 2. The number of halogens is 1. The van der Waals surface area contributed by atoms with Gasteiger partial charge in [0.1, 0.15) is 17.5 Å². The van der Waals surface area contributed by atoms with Crippen LogP contribution in [0.25, 0.3) is 0 Å². The molecule has 1 aromatic heterocycles. The van der Waals surface area contributed by atoms with Crippen molar-refractivity contribution in [2.75, 3.05) is 26.2 Å². The van der Waals surface area contributed by atoms with Crippen LogP contribution < -0.4 is 0 Å². The first-order valence-electron chi connectivity index (χ1n) is 15.1. The largest absolute Gasteiger partial charge is 0.444 e. The number of hydrogen-bond acceptors (Lipinski definition) is 5. The Balaban J connectivity index is 1.31. The average Bonchev–Trinajstić information content (AvgIpc) is 3.58. The highest BCUT2D eigenvalue weighted by molar-refractivity contribution is 5.69. The number of hydrogen-bond donors (Lipinski definition) is 0. The molecule has 3 atom stereocenters. The van der Waals surface area contributed by atoms with Gasteiger partial charge in [0.25, 0.3) is 0 Å². The van der Waals surface area contributed by atoms with Gasteiger partial charge in [-0.2, -0.15) is 10.4 Å². The monoisotopic (exact) mass is 571 g/mol. The van der Waals surface area contributed by atoms with Crippen LogP contribution in [0.3, 0.4) is 0 Å². The highest BCUT2D eigenvalue weighted by atomic mass is 19.1. The summed E-state index contributed by atoms with van der Waals surface area (Å²) in [6, 6.07) is 21.4. The number of amides is 1. The van der Waals surface area contributed by atoms with E-state index in [1.54, 1.807) is 11.0 Å². The Kier molecular flexibility index (Phi) is 8.98. The molecule has 0 saturated carbocycles. The lowest BCUT2D eigenvalue weighted by atomic mass is 9.82. The summed E-state index contributed by atoms with van der Waals surface area (Å²) >= 11 is 0. The third-order valence-corrected chi connectivity index (χ3v) is 8.56. The zero-order valence-electron chi connectivity index (χ0n) is 25.2. The molecule has 0 N–H and O–H groups in total. The minimum atomic E-state index is -0.619. The number of nitriles is 1. The maximum absolute atomic E-state index is 14.3. The molecule has 2 unspecified atom stereocenters. The molecule has 1 amide bonds. The van der Waals surface area contributed by atoms with E-state index < -0.39 is 11.6 Å². The van der Waals surface area contributed by atoms with Crippen LogP contribution in [-0.4, -0.2) is 63.5 Å². The lowest BCUT2D eigenvalue weighted by Crippen LogP contribution is -2.46. The Morgan fingerprint density at radius 2 is 1.83 bits per heavy atom. The van der Waals surface area contributed by atoms with E-state index in [9.17, 15) is 14.4 Å². The number of aromatic nitrogens is 2. The number of ether oxygens (including phenoxy) is 1. The van der Waals surface area contributed by atoms with Crippen molar-refractivity contribution in [1.29, 1.82) is 5.26 Å². The smallest absolute Gasteiger partial charge is 0.410 e. The predicted molar refractivity (Wildman–Crippen MR) is 161 cm³/mol. The fourth-order valence-electron chi connectivity index (χ4n) is 6.60. The van der Waals surface area contributed by atoms with Crippen molar-refractivity contribution in [3.05, 3.63) is 89.0 Å². The Morgan fingerprint density at radius 3 is 2.48 bits per heavy atom. The van der Waals surface area contributed by atoms with Crippen LogP contribution in [0.5, 0.6) is 0 Å².